The average Bonchev–Trinajstić information content (AvgIpc) is 3.13. The van der Waals surface area contributed by atoms with Gasteiger partial charge in [0.25, 0.3) is 0 Å². The molecule has 1 unspecified atom stereocenters. The molecule has 1 aliphatic carbocycles. The molecule has 0 radical (unpaired) electrons. The van der Waals surface area contributed by atoms with Gasteiger partial charge >= 0.3 is 0 Å². The second kappa shape index (κ2) is 5.35. The zero-order valence-electron chi connectivity index (χ0n) is 10.2. The molecule has 16 heavy (non-hydrogen) atoms. The third-order valence-corrected chi connectivity index (χ3v) is 3.40. The first kappa shape index (κ1) is 11.5. The van der Waals surface area contributed by atoms with Crippen molar-refractivity contribution in [1.82, 2.24) is 5.32 Å². The van der Waals surface area contributed by atoms with Crippen LogP contribution in [0.1, 0.15) is 25.3 Å². The highest BCUT2D eigenvalue weighted by Crippen LogP contribution is 2.36. The maximum Gasteiger partial charge on any atom is 0.123 e. The predicted molar refractivity (Wildman–Crippen MR) is 66.6 cm³/mol. The predicted octanol–water partition coefficient (Wildman–Crippen LogP) is 2.83. The minimum atomic E-state index is 0.815. The molecule has 2 nitrogen and oxygen atoms in total. The average molecular weight is 219 g/mol. The fourth-order valence-electron chi connectivity index (χ4n) is 2.12. The lowest BCUT2D eigenvalue weighted by Crippen LogP contribution is -2.22. The van der Waals surface area contributed by atoms with E-state index >= 15 is 0 Å². The van der Waals surface area contributed by atoms with Crippen LogP contribution in [0, 0.1) is 11.8 Å². The molecule has 0 amide bonds. The lowest BCUT2D eigenvalue weighted by Gasteiger charge is -2.13. The third kappa shape index (κ3) is 2.99. The summed E-state index contributed by atoms with van der Waals surface area (Å²) in [6.45, 7) is 4.36. The molecule has 1 fully saturated rings. The van der Waals surface area contributed by atoms with Crippen LogP contribution < -0.4 is 10.1 Å². The van der Waals surface area contributed by atoms with Crippen LogP contribution in [-0.4, -0.2) is 13.7 Å². The second-order valence-electron chi connectivity index (χ2n) is 4.76. The van der Waals surface area contributed by atoms with Crippen molar-refractivity contribution in [3.8, 4) is 5.75 Å². The lowest BCUT2D eigenvalue weighted by molar-refractivity contribution is 0.404. The number of rotatable bonds is 6. The summed E-state index contributed by atoms with van der Waals surface area (Å²) in [5, 5.41) is 3.52. The Bertz CT molecular complexity index is 333. The molecule has 0 aliphatic heterocycles. The first-order chi connectivity index (χ1) is 7.81. The summed E-state index contributed by atoms with van der Waals surface area (Å²) in [6.07, 6.45) is 2.86. The summed E-state index contributed by atoms with van der Waals surface area (Å²) in [5.74, 6) is 2.77. The Morgan fingerprint density at radius 3 is 2.81 bits per heavy atom. The normalized spacial score (nSPS) is 17.1. The van der Waals surface area contributed by atoms with E-state index in [9.17, 15) is 0 Å². The molecular formula is C14H21NO. The van der Waals surface area contributed by atoms with Crippen LogP contribution in [-0.2, 0) is 6.54 Å². The Balaban J connectivity index is 1.79. The topological polar surface area (TPSA) is 21.3 Å². The highest BCUT2D eigenvalue weighted by molar-refractivity contribution is 5.32. The Morgan fingerprint density at radius 2 is 2.12 bits per heavy atom. The van der Waals surface area contributed by atoms with Crippen LogP contribution in [0.25, 0.3) is 0 Å². The molecule has 1 aromatic carbocycles. The highest BCUT2D eigenvalue weighted by Gasteiger charge is 2.27. The van der Waals surface area contributed by atoms with Crippen molar-refractivity contribution in [2.24, 2.45) is 11.8 Å². The number of methoxy groups -OCH3 is 1. The van der Waals surface area contributed by atoms with Crippen LogP contribution in [0.3, 0.4) is 0 Å². The van der Waals surface area contributed by atoms with Crippen molar-refractivity contribution in [1.29, 1.82) is 0 Å². The second-order valence-corrected chi connectivity index (χ2v) is 4.76. The van der Waals surface area contributed by atoms with E-state index in [2.05, 4.69) is 24.4 Å². The number of nitrogens with one attached hydrogen (secondary N) is 1. The summed E-state index contributed by atoms with van der Waals surface area (Å²) >= 11 is 0. The van der Waals surface area contributed by atoms with Crippen molar-refractivity contribution in [2.75, 3.05) is 13.7 Å². The highest BCUT2D eigenvalue weighted by atomic mass is 16.5. The maximum absolute atomic E-state index is 5.32. The molecule has 0 spiro atoms. The quantitative estimate of drug-likeness (QED) is 0.794. The van der Waals surface area contributed by atoms with E-state index in [4.69, 9.17) is 4.74 Å². The van der Waals surface area contributed by atoms with E-state index in [0.29, 0.717) is 0 Å². The van der Waals surface area contributed by atoms with Crippen molar-refractivity contribution in [3.05, 3.63) is 29.8 Å². The van der Waals surface area contributed by atoms with Crippen LogP contribution in [0.4, 0.5) is 0 Å². The summed E-state index contributed by atoms with van der Waals surface area (Å²) in [5.41, 5.74) is 1.24. The SMILES string of the molecule is COc1ccccc1CNCC(C)C1CC1. The molecule has 0 heterocycles. The smallest absolute Gasteiger partial charge is 0.123 e. The molecule has 88 valence electrons. The van der Waals surface area contributed by atoms with Gasteiger partial charge in [0.05, 0.1) is 7.11 Å². The zero-order valence-corrected chi connectivity index (χ0v) is 10.2. The van der Waals surface area contributed by atoms with Crippen LogP contribution in [0.5, 0.6) is 5.75 Å². The fourth-order valence-corrected chi connectivity index (χ4v) is 2.12. The maximum atomic E-state index is 5.32. The van der Waals surface area contributed by atoms with Gasteiger partial charge in [-0.05, 0) is 37.3 Å². The minimum absolute atomic E-state index is 0.815. The van der Waals surface area contributed by atoms with Crippen molar-refractivity contribution < 1.29 is 4.74 Å². The molecule has 1 aliphatic rings. The van der Waals surface area contributed by atoms with Gasteiger partial charge in [-0.2, -0.15) is 0 Å². The number of hydrogen-bond donors (Lipinski definition) is 1. The van der Waals surface area contributed by atoms with Crippen LogP contribution in [0.15, 0.2) is 24.3 Å². The van der Waals surface area contributed by atoms with Crippen molar-refractivity contribution in [3.63, 3.8) is 0 Å². The molecule has 0 bridgehead atoms. The van der Waals surface area contributed by atoms with E-state index in [1.54, 1.807) is 7.11 Å². The monoisotopic (exact) mass is 219 g/mol. The summed E-state index contributed by atoms with van der Waals surface area (Å²) in [6, 6.07) is 8.20. The molecule has 1 atom stereocenters. The van der Waals surface area contributed by atoms with Gasteiger partial charge in [-0.3, -0.25) is 0 Å². The van der Waals surface area contributed by atoms with Gasteiger partial charge in [0.2, 0.25) is 0 Å². The van der Waals surface area contributed by atoms with E-state index in [1.165, 1.54) is 18.4 Å². The van der Waals surface area contributed by atoms with Gasteiger partial charge < -0.3 is 10.1 Å². The third-order valence-electron chi connectivity index (χ3n) is 3.40. The van der Waals surface area contributed by atoms with Gasteiger partial charge in [-0.25, -0.2) is 0 Å². The fraction of sp³-hybridized carbons (Fsp3) is 0.571. The van der Waals surface area contributed by atoms with Gasteiger partial charge in [0.15, 0.2) is 0 Å². The van der Waals surface area contributed by atoms with Gasteiger partial charge in [0.1, 0.15) is 5.75 Å². The Hall–Kier alpha value is -1.02. The molecule has 2 rings (SSSR count). The number of ether oxygens (including phenoxy) is 1. The molecule has 2 heteroatoms. The Labute approximate surface area is 98.0 Å². The zero-order chi connectivity index (χ0) is 11.4. The van der Waals surface area contributed by atoms with Gasteiger partial charge in [-0.1, -0.05) is 25.1 Å². The standard InChI is InChI=1S/C14H21NO/c1-11(12-7-8-12)9-15-10-13-5-3-4-6-14(13)16-2/h3-6,11-12,15H,7-10H2,1-2H3. The first-order valence-corrected chi connectivity index (χ1v) is 6.14. The van der Waals surface area contributed by atoms with E-state index < -0.39 is 0 Å². The molecular weight excluding hydrogens is 198 g/mol. The summed E-state index contributed by atoms with van der Waals surface area (Å²) in [7, 11) is 1.73. The van der Waals surface area contributed by atoms with Crippen LogP contribution in [0.2, 0.25) is 0 Å². The molecule has 0 aromatic heterocycles. The molecule has 1 aromatic rings. The largest absolute Gasteiger partial charge is 0.496 e. The van der Waals surface area contributed by atoms with E-state index in [1.807, 2.05) is 12.1 Å². The summed E-state index contributed by atoms with van der Waals surface area (Å²) in [4.78, 5) is 0. The van der Waals surface area contributed by atoms with Gasteiger partial charge in [-0.15, -0.1) is 0 Å². The Kier molecular flexibility index (Phi) is 3.83. The Morgan fingerprint density at radius 1 is 1.38 bits per heavy atom. The molecule has 0 saturated heterocycles. The number of para-hydroxylation sites is 1. The minimum Gasteiger partial charge on any atom is -0.496 e. The lowest BCUT2D eigenvalue weighted by atomic mass is 10.1. The van der Waals surface area contributed by atoms with Gasteiger partial charge in [0, 0.05) is 12.1 Å². The van der Waals surface area contributed by atoms with Crippen molar-refractivity contribution >= 4 is 0 Å². The van der Waals surface area contributed by atoms with E-state index in [-0.39, 0.29) is 0 Å². The molecule has 1 N–H and O–H groups in total. The number of benzene rings is 1. The summed E-state index contributed by atoms with van der Waals surface area (Å²) < 4.78 is 5.32. The molecule has 1 saturated carbocycles. The van der Waals surface area contributed by atoms with Crippen LogP contribution >= 0.6 is 0 Å². The van der Waals surface area contributed by atoms with E-state index in [0.717, 1.165) is 30.7 Å². The number of hydrogen-bond acceptors (Lipinski definition) is 2. The van der Waals surface area contributed by atoms with Crippen molar-refractivity contribution in [2.45, 2.75) is 26.3 Å². The first-order valence-electron chi connectivity index (χ1n) is 6.14.